The highest BCUT2D eigenvalue weighted by Gasteiger charge is 2.35. The van der Waals surface area contributed by atoms with Crippen molar-refractivity contribution in [3.05, 3.63) is 59.7 Å². The lowest BCUT2D eigenvalue weighted by Gasteiger charge is -2.37. The molecule has 5 rings (SSSR count). The van der Waals surface area contributed by atoms with Gasteiger partial charge in [-0.05, 0) is 60.3 Å². The van der Waals surface area contributed by atoms with Crippen LogP contribution in [0.15, 0.2) is 48.5 Å². The lowest BCUT2D eigenvalue weighted by atomic mass is 9.77. The Hall–Kier alpha value is -3.35. The number of nitrogens with one attached hydrogen (secondary N) is 2. The highest BCUT2D eigenvalue weighted by molar-refractivity contribution is 5.80. The fraction of sp³-hybridized carbons (Fsp3) is 0.464. The summed E-state index contributed by atoms with van der Waals surface area (Å²) in [5.74, 6) is -0.726. The monoisotopic (exact) mass is 476 g/mol. The van der Waals surface area contributed by atoms with Crippen molar-refractivity contribution in [3.63, 3.8) is 0 Å². The SMILES string of the molecule is O=C(O)CC1CC(NC(=O)C2CCCC(NC(=O)OCC3c4ccccc4-c4ccccc43)C2)C1. The van der Waals surface area contributed by atoms with Gasteiger partial charge in [0.25, 0.3) is 0 Å². The molecule has 35 heavy (non-hydrogen) atoms. The van der Waals surface area contributed by atoms with Crippen molar-refractivity contribution in [3.8, 4) is 11.1 Å². The first-order chi connectivity index (χ1) is 17.0. The van der Waals surface area contributed by atoms with Crippen molar-refractivity contribution in [1.82, 2.24) is 10.6 Å². The van der Waals surface area contributed by atoms with Crippen molar-refractivity contribution in [2.75, 3.05) is 6.61 Å². The predicted octanol–water partition coefficient (Wildman–Crippen LogP) is 4.45. The molecule has 2 unspecified atom stereocenters. The summed E-state index contributed by atoms with van der Waals surface area (Å²) in [4.78, 5) is 36.2. The van der Waals surface area contributed by atoms with Gasteiger partial charge in [-0.15, -0.1) is 0 Å². The average Bonchev–Trinajstić information content (AvgIpc) is 3.15. The smallest absolute Gasteiger partial charge is 0.407 e. The number of aliphatic carboxylic acids is 1. The number of amides is 2. The Morgan fingerprint density at radius 2 is 1.51 bits per heavy atom. The van der Waals surface area contributed by atoms with Crippen LogP contribution in [0, 0.1) is 11.8 Å². The second kappa shape index (κ2) is 10.1. The van der Waals surface area contributed by atoms with Crippen LogP contribution in [-0.2, 0) is 14.3 Å². The molecule has 2 aromatic rings. The van der Waals surface area contributed by atoms with E-state index >= 15 is 0 Å². The van der Waals surface area contributed by atoms with Gasteiger partial charge in [0.1, 0.15) is 6.61 Å². The molecule has 0 radical (unpaired) electrons. The molecular formula is C28H32N2O5. The van der Waals surface area contributed by atoms with Crippen LogP contribution in [0.2, 0.25) is 0 Å². The molecule has 2 atom stereocenters. The van der Waals surface area contributed by atoms with Gasteiger partial charge in [0.05, 0.1) is 0 Å². The Labute approximate surface area is 205 Å². The minimum absolute atomic E-state index is 0.0165. The quantitative estimate of drug-likeness (QED) is 0.548. The Kier molecular flexibility index (Phi) is 6.75. The number of carboxylic acid groups (broad SMARTS) is 1. The van der Waals surface area contributed by atoms with E-state index in [1.165, 1.54) is 22.3 Å². The van der Waals surface area contributed by atoms with E-state index < -0.39 is 12.1 Å². The summed E-state index contributed by atoms with van der Waals surface area (Å²) in [5, 5.41) is 14.9. The molecule has 0 spiro atoms. The van der Waals surface area contributed by atoms with E-state index in [0.29, 0.717) is 6.42 Å². The normalized spacial score (nSPS) is 25.0. The van der Waals surface area contributed by atoms with Crippen LogP contribution >= 0.6 is 0 Å². The van der Waals surface area contributed by atoms with E-state index in [0.717, 1.165) is 32.1 Å². The molecule has 0 aromatic heterocycles. The number of hydrogen-bond donors (Lipinski definition) is 3. The third kappa shape index (κ3) is 5.19. The number of hydrogen-bond acceptors (Lipinski definition) is 4. The van der Waals surface area contributed by atoms with Gasteiger partial charge in [0, 0.05) is 30.3 Å². The lowest BCUT2D eigenvalue weighted by molar-refractivity contribution is -0.139. The highest BCUT2D eigenvalue weighted by Crippen LogP contribution is 2.44. The van der Waals surface area contributed by atoms with Crippen molar-refractivity contribution in [2.45, 2.75) is 62.9 Å². The van der Waals surface area contributed by atoms with Crippen molar-refractivity contribution < 1.29 is 24.2 Å². The highest BCUT2D eigenvalue weighted by atomic mass is 16.5. The van der Waals surface area contributed by atoms with E-state index in [4.69, 9.17) is 9.84 Å². The summed E-state index contributed by atoms with van der Waals surface area (Å²) in [7, 11) is 0. The number of rotatable bonds is 7. The molecule has 2 fully saturated rings. The molecule has 3 aliphatic carbocycles. The fourth-order valence-corrected chi connectivity index (χ4v) is 5.95. The standard InChI is InChI=1S/C28H32N2O5/c31-26(32)14-17-12-20(13-17)29-27(33)18-6-5-7-19(15-18)30-28(34)35-16-25-23-10-3-1-8-21(23)22-9-2-4-11-24(22)25/h1-4,8-11,17-20,25H,5-7,12-16H2,(H,29,33)(H,30,34)(H,31,32). The summed E-state index contributed by atoms with van der Waals surface area (Å²) in [6, 6.07) is 16.5. The molecule has 0 bridgehead atoms. The largest absolute Gasteiger partial charge is 0.481 e. The molecule has 0 saturated heterocycles. The minimum Gasteiger partial charge on any atom is -0.481 e. The molecule has 184 valence electrons. The van der Waals surface area contributed by atoms with Crippen LogP contribution in [0.25, 0.3) is 11.1 Å². The molecule has 3 aliphatic rings. The zero-order valence-corrected chi connectivity index (χ0v) is 19.7. The molecule has 2 aromatic carbocycles. The number of carbonyl (C=O) groups is 3. The summed E-state index contributed by atoms with van der Waals surface area (Å²) >= 11 is 0. The van der Waals surface area contributed by atoms with Gasteiger partial charge < -0.3 is 20.5 Å². The lowest BCUT2D eigenvalue weighted by Crippen LogP contribution is -2.49. The molecule has 0 heterocycles. The fourth-order valence-electron chi connectivity index (χ4n) is 5.95. The van der Waals surface area contributed by atoms with Gasteiger partial charge in [-0.3, -0.25) is 9.59 Å². The second-order valence-electron chi connectivity index (χ2n) is 10.2. The molecule has 7 heteroatoms. The first kappa shape index (κ1) is 23.4. The van der Waals surface area contributed by atoms with Gasteiger partial charge >= 0.3 is 12.1 Å². The van der Waals surface area contributed by atoms with Gasteiger partial charge in [0.15, 0.2) is 0 Å². The number of fused-ring (bicyclic) bond motifs is 3. The predicted molar refractivity (Wildman–Crippen MR) is 131 cm³/mol. The number of ether oxygens (including phenoxy) is 1. The number of carboxylic acids is 1. The zero-order chi connectivity index (χ0) is 24.4. The maximum Gasteiger partial charge on any atom is 0.407 e. The van der Waals surface area contributed by atoms with Crippen molar-refractivity contribution >= 4 is 18.0 Å². The van der Waals surface area contributed by atoms with Crippen molar-refractivity contribution in [1.29, 1.82) is 0 Å². The topological polar surface area (TPSA) is 105 Å². The number of carbonyl (C=O) groups excluding carboxylic acids is 2. The van der Waals surface area contributed by atoms with E-state index in [1.807, 2.05) is 24.3 Å². The molecule has 2 amide bonds. The Balaban J connectivity index is 1.10. The summed E-state index contributed by atoms with van der Waals surface area (Å²) < 4.78 is 5.67. The summed E-state index contributed by atoms with van der Waals surface area (Å²) in [5.41, 5.74) is 4.74. The van der Waals surface area contributed by atoms with E-state index in [9.17, 15) is 14.4 Å². The molecular weight excluding hydrogens is 444 g/mol. The van der Waals surface area contributed by atoms with Gasteiger partial charge in [-0.1, -0.05) is 55.0 Å². The van der Waals surface area contributed by atoms with Crippen LogP contribution in [0.4, 0.5) is 4.79 Å². The average molecular weight is 477 g/mol. The van der Waals surface area contributed by atoms with Crippen LogP contribution in [0.5, 0.6) is 0 Å². The van der Waals surface area contributed by atoms with Gasteiger partial charge in [-0.2, -0.15) is 0 Å². The van der Waals surface area contributed by atoms with Gasteiger partial charge in [0.2, 0.25) is 5.91 Å². The Morgan fingerprint density at radius 3 is 2.17 bits per heavy atom. The third-order valence-corrected chi connectivity index (χ3v) is 7.76. The second-order valence-corrected chi connectivity index (χ2v) is 10.2. The maximum absolute atomic E-state index is 12.7. The first-order valence-electron chi connectivity index (χ1n) is 12.6. The van der Waals surface area contributed by atoms with Crippen LogP contribution < -0.4 is 10.6 Å². The van der Waals surface area contributed by atoms with Crippen LogP contribution in [0.1, 0.15) is 62.0 Å². The van der Waals surface area contributed by atoms with Gasteiger partial charge in [-0.25, -0.2) is 4.79 Å². The molecule has 3 N–H and O–H groups in total. The van der Waals surface area contributed by atoms with Crippen molar-refractivity contribution in [2.24, 2.45) is 11.8 Å². The van der Waals surface area contributed by atoms with E-state index in [2.05, 4.69) is 34.9 Å². The Morgan fingerprint density at radius 1 is 0.857 bits per heavy atom. The first-order valence-corrected chi connectivity index (χ1v) is 12.6. The molecule has 2 saturated carbocycles. The number of alkyl carbamates (subject to hydrolysis) is 1. The summed E-state index contributed by atoms with van der Waals surface area (Å²) in [6.45, 7) is 0.273. The molecule has 7 nitrogen and oxygen atoms in total. The Bertz CT molecular complexity index is 1060. The van der Waals surface area contributed by atoms with Crippen LogP contribution in [0.3, 0.4) is 0 Å². The van der Waals surface area contributed by atoms with E-state index in [1.54, 1.807) is 0 Å². The maximum atomic E-state index is 12.7. The third-order valence-electron chi connectivity index (χ3n) is 7.76. The minimum atomic E-state index is -0.783. The molecule has 0 aliphatic heterocycles. The van der Waals surface area contributed by atoms with Crippen LogP contribution in [-0.4, -0.2) is 41.8 Å². The number of benzene rings is 2. The summed E-state index contributed by atoms with van der Waals surface area (Å²) in [6.07, 6.45) is 4.30. The zero-order valence-electron chi connectivity index (χ0n) is 19.7. The van der Waals surface area contributed by atoms with E-state index in [-0.39, 0.29) is 48.8 Å².